The van der Waals surface area contributed by atoms with Crippen LogP contribution in [0.5, 0.6) is 11.5 Å². The fourth-order valence-electron chi connectivity index (χ4n) is 3.68. The highest BCUT2D eigenvalue weighted by Crippen LogP contribution is 2.31. The van der Waals surface area contributed by atoms with E-state index in [1.165, 1.54) is 11.0 Å². The van der Waals surface area contributed by atoms with Crippen LogP contribution >= 0.6 is 12.2 Å². The average Bonchev–Trinajstić information content (AvgIpc) is 2.87. The Morgan fingerprint density at radius 1 is 0.886 bits per heavy atom. The maximum absolute atomic E-state index is 13.3. The Hall–Kier alpha value is -3.97. The van der Waals surface area contributed by atoms with E-state index in [4.69, 9.17) is 21.7 Å². The molecule has 3 aromatic carbocycles. The molecule has 1 N–H and O–H groups in total. The topological polar surface area (TPSA) is 67.9 Å². The Balaban J connectivity index is 1.60. The van der Waals surface area contributed by atoms with Gasteiger partial charge in [0.05, 0.1) is 12.3 Å². The number of nitrogens with one attached hydrogen (secondary N) is 1. The van der Waals surface area contributed by atoms with E-state index in [1.807, 2.05) is 61.5 Å². The smallest absolute Gasteiger partial charge is 0.270 e. The predicted molar refractivity (Wildman–Crippen MR) is 140 cm³/mol. The van der Waals surface area contributed by atoms with Crippen molar-refractivity contribution in [3.8, 4) is 11.5 Å². The third-order valence-corrected chi connectivity index (χ3v) is 5.80. The maximum atomic E-state index is 13.3. The number of rotatable bonds is 8. The van der Waals surface area contributed by atoms with Crippen molar-refractivity contribution in [2.45, 2.75) is 26.9 Å². The average molecular weight is 487 g/mol. The first-order chi connectivity index (χ1) is 17.0. The second kappa shape index (κ2) is 11.0. The zero-order valence-corrected chi connectivity index (χ0v) is 20.4. The van der Waals surface area contributed by atoms with Gasteiger partial charge in [-0.3, -0.25) is 19.8 Å². The number of nitrogens with zero attached hydrogens (tertiary/aromatic N) is 1. The number of carbonyl (C=O) groups is 2. The van der Waals surface area contributed by atoms with Gasteiger partial charge in [0.15, 0.2) is 16.6 Å². The first-order valence-corrected chi connectivity index (χ1v) is 11.8. The van der Waals surface area contributed by atoms with Crippen LogP contribution in [0.15, 0.2) is 78.4 Å². The summed E-state index contributed by atoms with van der Waals surface area (Å²) in [5.41, 5.74) is 3.39. The number of anilines is 1. The molecule has 1 aliphatic heterocycles. The lowest BCUT2D eigenvalue weighted by molar-refractivity contribution is -0.122. The molecule has 1 fully saturated rings. The van der Waals surface area contributed by atoms with E-state index >= 15 is 0 Å². The van der Waals surface area contributed by atoms with Gasteiger partial charge in [-0.05, 0) is 72.6 Å². The van der Waals surface area contributed by atoms with Crippen LogP contribution in [-0.2, 0) is 22.6 Å². The largest absolute Gasteiger partial charge is 0.490 e. The Kier molecular flexibility index (Phi) is 7.57. The number of amides is 2. The third kappa shape index (κ3) is 5.58. The molecule has 2 amide bonds. The summed E-state index contributed by atoms with van der Waals surface area (Å²) < 4.78 is 11.7. The van der Waals surface area contributed by atoms with Crippen molar-refractivity contribution >= 4 is 40.9 Å². The zero-order valence-electron chi connectivity index (χ0n) is 19.6. The molecule has 0 spiro atoms. The Bertz CT molecular complexity index is 1270. The van der Waals surface area contributed by atoms with Crippen molar-refractivity contribution in [1.82, 2.24) is 5.32 Å². The molecular formula is C28H26N2O4S. The SMILES string of the molecule is CCOc1cc(C=C2C(=O)NC(=S)N(c3ccc(CC)cc3)C2=O)ccc1OCc1ccccc1. The summed E-state index contributed by atoms with van der Waals surface area (Å²) in [5.74, 6) is 0.0919. The zero-order chi connectivity index (χ0) is 24.8. The van der Waals surface area contributed by atoms with Crippen LogP contribution in [0, 0.1) is 0 Å². The van der Waals surface area contributed by atoms with Gasteiger partial charge in [-0.25, -0.2) is 0 Å². The maximum Gasteiger partial charge on any atom is 0.270 e. The van der Waals surface area contributed by atoms with Gasteiger partial charge in [0.1, 0.15) is 12.2 Å². The fourth-order valence-corrected chi connectivity index (χ4v) is 3.96. The van der Waals surface area contributed by atoms with Crippen molar-refractivity contribution in [3.63, 3.8) is 0 Å². The lowest BCUT2D eigenvalue weighted by Crippen LogP contribution is -2.54. The lowest BCUT2D eigenvalue weighted by Gasteiger charge is -2.29. The molecule has 0 saturated carbocycles. The van der Waals surface area contributed by atoms with E-state index in [2.05, 4.69) is 12.2 Å². The van der Waals surface area contributed by atoms with E-state index < -0.39 is 11.8 Å². The molecule has 178 valence electrons. The summed E-state index contributed by atoms with van der Waals surface area (Å²) in [7, 11) is 0. The summed E-state index contributed by atoms with van der Waals surface area (Å²) in [6, 6.07) is 22.7. The van der Waals surface area contributed by atoms with Crippen LogP contribution in [0.4, 0.5) is 5.69 Å². The minimum absolute atomic E-state index is 0.0152. The number of benzene rings is 3. The standard InChI is InChI=1S/C28H26N2O4S/c1-3-19-10-13-22(14-11-19)30-27(32)23(26(31)29-28(30)35)16-21-12-15-24(25(17-21)33-4-2)34-18-20-8-6-5-7-9-20/h5-17H,3-4,18H2,1-2H3,(H,29,31,35). The molecule has 4 rings (SSSR count). The molecule has 0 bridgehead atoms. The molecular weight excluding hydrogens is 460 g/mol. The molecule has 0 aromatic heterocycles. The quantitative estimate of drug-likeness (QED) is 0.274. The predicted octanol–water partition coefficient (Wildman–Crippen LogP) is 5.06. The second-order valence-electron chi connectivity index (χ2n) is 7.89. The first-order valence-electron chi connectivity index (χ1n) is 11.4. The van der Waals surface area contributed by atoms with Gasteiger partial charge in [0.25, 0.3) is 11.8 Å². The highest BCUT2D eigenvalue weighted by molar-refractivity contribution is 7.80. The van der Waals surface area contributed by atoms with E-state index in [1.54, 1.807) is 18.2 Å². The van der Waals surface area contributed by atoms with E-state index in [0.717, 1.165) is 17.5 Å². The number of hydrogen-bond donors (Lipinski definition) is 1. The normalized spacial score (nSPS) is 14.7. The third-order valence-electron chi connectivity index (χ3n) is 5.52. The van der Waals surface area contributed by atoms with Gasteiger partial charge in [0, 0.05) is 0 Å². The number of thiocarbonyl (C=S) groups is 1. The van der Waals surface area contributed by atoms with Crippen molar-refractivity contribution in [1.29, 1.82) is 0 Å². The minimum atomic E-state index is -0.538. The Morgan fingerprint density at radius 3 is 2.31 bits per heavy atom. The monoisotopic (exact) mass is 486 g/mol. The minimum Gasteiger partial charge on any atom is -0.490 e. The van der Waals surface area contributed by atoms with Crippen molar-refractivity contribution in [2.75, 3.05) is 11.5 Å². The van der Waals surface area contributed by atoms with Gasteiger partial charge >= 0.3 is 0 Å². The molecule has 1 aliphatic rings. The number of hydrogen-bond acceptors (Lipinski definition) is 5. The van der Waals surface area contributed by atoms with Crippen LogP contribution in [0.1, 0.15) is 30.5 Å². The molecule has 7 heteroatoms. The number of aryl methyl sites for hydroxylation is 1. The van der Waals surface area contributed by atoms with Crippen molar-refractivity contribution < 1.29 is 19.1 Å². The Morgan fingerprint density at radius 2 is 1.63 bits per heavy atom. The van der Waals surface area contributed by atoms with Gasteiger partial charge in [-0.2, -0.15) is 0 Å². The van der Waals surface area contributed by atoms with E-state index in [9.17, 15) is 9.59 Å². The summed E-state index contributed by atoms with van der Waals surface area (Å²) in [4.78, 5) is 27.3. The fraction of sp³-hybridized carbons (Fsp3) is 0.179. The molecule has 0 aliphatic carbocycles. The van der Waals surface area contributed by atoms with Crippen molar-refractivity contribution in [3.05, 3.63) is 95.1 Å². The highest BCUT2D eigenvalue weighted by atomic mass is 32.1. The summed E-state index contributed by atoms with van der Waals surface area (Å²) in [5, 5.41) is 2.68. The first kappa shape index (κ1) is 24.2. The number of carbonyl (C=O) groups excluding carboxylic acids is 2. The van der Waals surface area contributed by atoms with Gasteiger partial charge < -0.3 is 9.47 Å². The summed E-state index contributed by atoms with van der Waals surface area (Å²) in [6.45, 7) is 4.77. The van der Waals surface area contributed by atoms with Crippen LogP contribution in [0.3, 0.4) is 0 Å². The molecule has 0 radical (unpaired) electrons. The van der Waals surface area contributed by atoms with Gasteiger partial charge in [0.2, 0.25) is 0 Å². The molecule has 1 heterocycles. The van der Waals surface area contributed by atoms with Crippen LogP contribution < -0.4 is 19.7 Å². The summed E-state index contributed by atoms with van der Waals surface area (Å²) >= 11 is 5.29. The van der Waals surface area contributed by atoms with Crippen LogP contribution in [-0.4, -0.2) is 23.5 Å². The summed E-state index contributed by atoms with van der Waals surface area (Å²) in [6.07, 6.45) is 2.42. The molecule has 0 unspecified atom stereocenters. The van der Waals surface area contributed by atoms with Crippen molar-refractivity contribution in [2.24, 2.45) is 0 Å². The molecule has 0 atom stereocenters. The number of ether oxygens (including phenoxy) is 2. The lowest BCUT2D eigenvalue weighted by atomic mass is 10.1. The van der Waals surface area contributed by atoms with Crippen LogP contribution in [0.2, 0.25) is 0 Å². The second-order valence-corrected chi connectivity index (χ2v) is 8.28. The highest BCUT2D eigenvalue weighted by Gasteiger charge is 2.34. The van der Waals surface area contributed by atoms with Gasteiger partial charge in [-0.1, -0.05) is 55.5 Å². The molecule has 6 nitrogen and oxygen atoms in total. The molecule has 35 heavy (non-hydrogen) atoms. The molecule has 3 aromatic rings. The van der Waals surface area contributed by atoms with E-state index in [-0.39, 0.29) is 10.7 Å². The van der Waals surface area contributed by atoms with E-state index in [0.29, 0.717) is 36.0 Å². The Labute approximate surface area is 210 Å². The van der Waals surface area contributed by atoms with Crippen LogP contribution in [0.25, 0.3) is 6.08 Å². The molecule has 1 saturated heterocycles. The van der Waals surface area contributed by atoms with Gasteiger partial charge in [-0.15, -0.1) is 0 Å².